The molecule has 3 aliphatic heterocycles. The van der Waals surface area contributed by atoms with Crippen molar-refractivity contribution in [2.24, 2.45) is 10.8 Å². The van der Waals surface area contributed by atoms with E-state index in [0.717, 1.165) is 29.1 Å². The highest BCUT2D eigenvalue weighted by molar-refractivity contribution is 6.23. The molecule has 4 aromatic rings. The molecule has 3 aromatic carbocycles. The Kier molecular flexibility index (Phi) is 9.88. The first-order valence-electron chi connectivity index (χ1n) is 19.6. The minimum absolute atomic E-state index is 0.0760. The summed E-state index contributed by atoms with van der Waals surface area (Å²) in [6.45, 7) is 12.5. The lowest BCUT2D eigenvalue weighted by Gasteiger charge is -2.63. The highest BCUT2D eigenvalue weighted by Crippen LogP contribution is 2.56. The summed E-state index contributed by atoms with van der Waals surface area (Å²) in [5, 5.41) is 15.8. The molecule has 1 saturated carbocycles. The van der Waals surface area contributed by atoms with Crippen LogP contribution in [0.15, 0.2) is 72.9 Å². The van der Waals surface area contributed by atoms with E-state index in [-0.39, 0.29) is 42.0 Å². The minimum atomic E-state index is -0.993. The molecule has 1 aromatic heterocycles. The van der Waals surface area contributed by atoms with Gasteiger partial charge in [0.2, 0.25) is 11.8 Å². The van der Waals surface area contributed by atoms with E-state index in [1.165, 1.54) is 0 Å². The van der Waals surface area contributed by atoms with Crippen molar-refractivity contribution in [2.75, 3.05) is 44.2 Å². The van der Waals surface area contributed by atoms with Gasteiger partial charge in [-0.05, 0) is 73.2 Å². The Balaban J connectivity index is 0.804. The van der Waals surface area contributed by atoms with E-state index in [0.29, 0.717) is 54.4 Å². The fourth-order valence-corrected chi connectivity index (χ4v) is 9.36. The van der Waals surface area contributed by atoms with E-state index in [1.54, 1.807) is 48.7 Å². The Morgan fingerprint density at radius 1 is 0.931 bits per heavy atom. The number of benzene rings is 3. The van der Waals surface area contributed by atoms with Gasteiger partial charge in [0.1, 0.15) is 36.3 Å². The SMILES string of the molecule is CC1(C)[C@H](NC(=O)c2ccc(OCCN3CCN(c4ccc5c(c4)C(=O)N(C4CCC(=O)NC4=O)C5=O)CC3)cc2)C(C)(C)[C@H]1Oc1ccc(C#N)c2ncccc12. The summed E-state index contributed by atoms with van der Waals surface area (Å²) in [5.41, 5.74) is 2.21. The number of imide groups is 2. The van der Waals surface area contributed by atoms with Gasteiger partial charge >= 0.3 is 0 Å². The van der Waals surface area contributed by atoms with Crippen molar-refractivity contribution >= 4 is 46.1 Å². The summed E-state index contributed by atoms with van der Waals surface area (Å²) in [6, 6.07) is 20.7. The smallest absolute Gasteiger partial charge is 0.262 e. The lowest BCUT2D eigenvalue weighted by molar-refractivity contribution is -0.163. The monoisotopic (exact) mass is 783 g/mol. The van der Waals surface area contributed by atoms with Gasteiger partial charge in [-0.3, -0.25) is 44.1 Å². The van der Waals surface area contributed by atoms with Gasteiger partial charge < -0.3 is 19.7 Å². The molecule has 1 aliphatic carbocycles. The number of piperidine rings is 1. The van der Waals surface area contributed by atoms with E-state index < -0.39 is 40.5 Å². The molecule has 1 unspecified atom stereocenters. The van der Waals surface area contributed by atoms with Crippen molar-refractivity contribution in [1.82, 2.24) is 25.4 Å². The van der Waals surface area contributed by atoms with Crippen LogP contribution in [0.4, 0.5) is 5.69 Å². The second kappa shape index (κ2) is 14.9. The summed E-state index contributed by atoms with van der Waals surface area (Å²) in [4.78, 5) is 73.7. The number of piperazine rings is 1. The van der Waals surface area contributed by atoms with Crippen LogP contribution in [0.5, 0.6) is 11.5 Å². The number of amides is 5. The number of fused-ring (bicyclic) bond motifs is 2. The largest absolute Gasteiger partial charge is 0.492 e. The molecule has 58 heavy (non-hydrogen) atoms. The van der Waals surface area contributed by atoms with Crippen LogP contribution >= 0.6 is 0 Å². The van der Waals surface area contributed by atoms with Crippen LogP contribution < -0.4 is 25.0 Å². The summed E-state index contributed by atoms with van der Waals surface area (Å²) < 4.78 is 12.7. The number of aromatic nitrogens is 1. The molecule has 8 rings (SSSR count). The molecule has 4 heterocycles. The highest BCUT2D eigenvalue weighted by atomic mass is 16.5. The molecule has 0 spiro atoms. The molecule has 14 heteroatoms. The van der Waals surface area contributed by atoms with Gasteiger partial charge in [-0.2, -0.15) is 5.26 Å². The molecule has 1 atom stereocenters. The fraction of sp³-hybridized carbons (Fsp3) is 0.386. The number of anilines is 1. The second-order valence-corrected chi connectivity index (χ2v) is 16.5. The minimum Gasteiger partial charge on any atom is -0.492 e. The van der Waals surface area contributed by atoms with Gasteiger partial charge in [0.25, 0.3) is 17.7 Å². The van der Waals surface area contributed by atoms with Crippen molar-refractivity contribution in [3.8, 4) is 17.6 Å². The zero-order valence-corrected chi connectivity index (χ0v) is 32.9. The van der Waals surface area contributed by atoms with Gasteiger partial charge in [-0.25, -0.2) is 0 Å². The van der Waals surface area contributed by atoms with E-state index in [2.05, 4.69) is 59.2 Å². The summed E-state index contributed by atoms with van der Waals surface area (Å²) in [7, 11) is 0. The molecule has 0 bridgehead atoms. The third-order valence-electron chi connectivity index (χ3n) is 12.2. The predicted molar refractivity (Wildman–Crippen MR) is 213 cm³/mol. The van der Waals surface area contributed by atoms with Crippen LogP contribution in [0.1, 0.15) is 77.2 Å². The van der Waals surface area contributed by atoms with Gasteiger partial charge in [-0.15, -0.1) is 0 Å². The third-order valence-corrected chi connectivity index (χ3v) is 12.2. The molecular weight excluding hydrogens is 739 g/mol. The number of carbonyl (C=O) groups excluding carboxylic acids is 5. The van der Waals surface area contributed by atoms with Gasteiger partial charge in [0, 0.05) is 78.9 Å². The quantitative estimate of drug-likeness (QED) is 0.219. The Hall–Kier alpha value is -6.33. The van der Waals surface area contributed by atoms with Crippen molar-refractivity contribution < 1.29 is 33.4 Å². The third kappa shape index (κ3) is 6.79. The molecular formula is C44H45N7O7. The standard InChI is InChI=1S/C44H45N7O7/c1-43(2)41(44(3,4)42(43)58-34-15-9-27(25-45)36-31(34)6-5-17-46-36)48-37(53)26-7-11-29(12-8-26)57-23-22-49-18-20-50(21-19-49)28-10-13-30-32(24-28)40(56)51(39(30)55)33-14-16-35(52)47-38(33)54/h5-13,15,17,24,33,41-42H,14,16,18-23H2,1-4H3,(H,48,53)(H,47,52,54)/t33?,41-,42-. The highest BCUT2D eigenvalue weighted by Gasteiger charge is 2.64. The van der Waals surface area contributed by atoms with Crippen LogP contribution in [0.2, 0.25) is 0 Å². The Morgan fingerprint density at radius 2 is 1.66 bits per heavy atom. The van der Waals surface area contributed by atoms with Crippen molar-refractivity contribution in [1.29, 1.82) is 5.26 Å². The maximum atomic E-state index is 13.5. The predicted octanol–water partition coefficient (Wildman–Crippen LogP) is 4.32. The molecule has 298 valence electrons. The second-order valence-electron chi connectivity index (χ2n) is 16.5. The van der Waals surface area contributed by atoms with Crippen molar-refractivity contribution in [3.05, 3.63) is 95.2 Å². The number of hydrogen-bond donors (Lipinski definition) is 2. The van der Waals surface area contributed by atoms with Crippen molar-refractivity contribution in [2.45, 2.75) is 58.7 Å². The number of hydrogen-bond acceptors (Lipinski definition) is 11. The molecule has 0 radical (unpaired) electrons. The Morgan fingerprint density at radius 3 is 2.36 bits per heavy atom. The number of ether oxygens (including phenoxy) is 2. The van der Waals surface area contributed by atoms with Gasteiger partial charge in [-0.1, -0.05) is 27.7 Å². The van der Waals surface area contributed by atoms with Crippen LogP contribution in [0, 0.1) is 22.2 Å². The number of rotatable bonds is 10. The molecule has 2 N–H and O–H groups in total. The zero-order chi connectivity index (χ0) is 40.9. The van der Waals surface area contributed by atoms with E-state index in [1.807, 2.05) is 24.3 Å². The van der Waals surface area contributed by atoms with Gasteiger partial charge in [0.15, 0.2) is 0 Å². The molecule has 14 nitrogen and oxygen atoms in total. The number of nitrogens with one attached hydrogen (secondary N) is 2. The topological polar surface area (TPSA) is 174 Å². The number of nitrogens with zero attached hydrogens (tertiary/aromatic N) is 5. The maximum Gasteiger partial charge on any atom is 0.262 e. The van der Waals surface area contributed by atoms with E-state index >= 15 is 0 Å². The van der Waals surface area contributed by atoms with Crippen LogP contribution in [-0.4, -0.2) is 102 Å². The summed E-state index contributed by atoms with van der Waals surface area (Å²) in [5.74, 6) is -0.906. The van der Waals surface area contributed by atoms with E-state index in [9.17, 15) is 29.2 Å². The average molecular weight is 784 g/mol. The van der Waals surface area contributed by atoms with Crippen molar-refractivity contribution in [3.63, 3.8) is 0 Å². The zero-order valence-electron chi connectivity index (χ0n) is 32.9. The average Bonchev–Trinajstić information content (AvgIpc) is 3.46. The normalized spacial score (nSPS) is 22.5. The van der Waals surface area contributed by atoms with E-state index in [4.69, 9.17) is 9.47 Å². The summed E-state index contributed by atoms with van der Waals surface area (Å²) >= 11 is 0. The Bertz CT molecular complexity index is 2360. The Labute approximate surface area is 336 Å². The number of pyridine rings is 1. The number of nitriles is 1. The molecule has 3 fully saturated rings. The fourth-order valence-electron chi connectivity index (χ4n) is 9.36. The first-order chi connectivity index (χ1) is 27.8. The first kappa shape index (κ1) is 38.5. The molecule has 5 amide bonds. The molecule has 2 saturated heterocycles. The maximum absolute atomic E-state index is 13.5. The number of carbonyl (C=O) groups is 5. The van der Waals surface area contributed by atoms with Crippen LogP contribution in [0.3, 0.4) is 0 Å². The lowest BCUT2D eigenvalue weighted by atomic mass is 9.49. The summed E-state index contributed by atoms with van der Waals surface area (Å²) in [6.07, 6.45) is 1.65. The first-order valence-corrected chi connectivity index (χ1v) is 19.6. The van der Waals surface area contributed by atoms with Crippen LogP contribution in [0.25, 0.3) is 10.9 Å². The van der Waals surface area contributed by atoms with Crippen LogP contribution in [-0.2, 0) is 9.59 Å². The lowest BCUT2D eigenvalue weighted by Crippen LogP contribution is -2.74. The van der Waals surface area contributed by atoms with Gasteiger partial charge in [0.05, 0.1) is 22.2 Å². The molecule has 4 aliphatic rings.